The van der Waals surface area contributed by atoms with Crippen molar-refractivity contribution in [2.24, 2.45) is 7.05 Å². The van der Waals surface area contributed by atoms with E-state index in [0.717, 1.165) is 5.56 Å². The number of carbonyl (C=O) groups is 1. The molecule has 2 aromatic carbocycles. The summed E-state index contributed by atoms with van der Waals surface area (Å²) in [4.78, 5) is 17.6. The van der Waals surface area contributed by atoms with Gasteiger partial charge in [-0.3, -0.25) is 4.79 Å². The average molecular weight is 413 g/mol. The van der Waals surface area contributed by atoms with E-state index in [2.05, 4.69) is 15.0 Å². The summed E-state index contributed by atoms with van der Waals surface area (Å²) in [7, 11) is -1.80. The number of aromatic nitrogens is 2. The van der Waals surface area contributed by atoms with Crippen LogP contribution in [0.15, 0.2) is 65.8 Å². The fraction of sp³-hybridized carbons (Fsp3) is 0.238. The van der Waals surface area contributed by atoms with Gasteiger partial charge in [0.1, 0.15) is 11.9 Å². The van der Waals surface area contributed by atoms with Crippen LogP contribution in [0.5, 0.6) is 0 Å². The van der Waals surface area contributed by atoms with Gasteiger partial charge in [-0.05, 0) is 30.2 Å². The highest BCUT2D eigenvalue weighted by molar-refractivity contribution is 7.89. The van der Waals surface area contributed by atoms with E-state index in [1.54, 1.807) is 26.1 Å². The first-order valence-electron chi connectivity index (χ1n) is 9.27. The number of nitrogens with zero attached hydrogens (tertiary/aromatic N) is 2. The quantitative estimate of drug-likeness (QED) is 0.624. The van der Waals surface area contributed by atoms with Crippen molar-refractivity contribution in [1.82, 2.24) is 19.6 Å². The van der Waals surface area contributed by atoms with Gasteiger partial charge >= 0.3 is 0 Å². The van der Waals surface area contributed by atoms with E-state index in [1.807, 2.05) is 48.1 Å². The summed E-state index contributed by atoms with van der Waals surface area (Å²) < 4.78 is 29.0. The molecule has 2 N–H and O–H groups in total. The lowest BCUT2D eigenvalue weighted by atomic mass is 10.0. The van der Waals surface area contributed by atoms with E-state index in [-0.39, 0.29) is 17.3 Å². The Bertz CT molecular complexity index is 1110. The summed E-state index contributed by atoms with van der Waals surface area (Å²) in [5, 5.41) is 3.01. The van der Waals surface area contributed by atoms with Crippen LogP contribution in [-0.4, -0.2) is 30.4 Å². The maximum absolute atomic E-state index is 13.1. The van der Waals surface area contributed by atoms with E-state index < -0.39 is 16.1 Å². The molecule has 1 unspecified atom stereocenters. The van der Waals surface area contributed by atoms with Gasteiger partial charge in [0.15, 0.2) is 0 Å². The number of imidazole rings is 1. The number of rotatable bonds is 7. The zero-order chi connectivity index (χ0) is 21.0. The third-order valence-corrected chi connectivity index (χ3v) is 6.17. The largest absolute Gasteiger partial charge is 0.338 e. The molecule has 8 heteroatoms. The molecule has 0 spiro atoms. The average Bonchev–Trinajstić information content (AvgIpc) is 3.12. The predicted octanol–water partition coefficient (Wildman–Crippen LogP) is 2.55. The van der Waals surface area contributed by atoms with E-state index in [4.69, 9.17) is 0 Å². The smallest absolute Gasteiger partial charge is 0.252 e. The highest BCUT2D eigenvalue weighted by Crippen LogP contribution is 2.22. The van der Waals surface area contributed by atoms with Gasteiger partial charge in [-0.25, -0.2) is 18.1 Å². The second kappa shape index (κ2) is 8.59. The maximum atomic E-state index is 13.1. The fourth-order valence-electron chi connectivity index (χ4n) is 3.09. The van der Waals surface area contributed by atoms with Crippen molar-refractivity contribution in [3.05, 3.63) is 83.4 Å². The molecule has 3 aromatic rings. The van der Waals surface area contributed by atoms with E-state index in [1.165, 1.54) is 12.1 Å². The van der Waals surface area contributed by atoms with Crippen molar-refractivity contribution in [1.29, 1.82) is 0 Å². The van der Waals surface area contributed by atoms with Gasteiger partial charge in [0.25, 0.3) is 5.91 Å². The normalized spacial score (nSPS) is 12.5. The Morgan fingerprint density at radius 1 is 1.17 bits per heavy atom. The number of amides is 1. The summed E-state index contributed by atoms with van der Waals surface area (Å²) in [6.45, 7) is 3.75. The standard InChI is InChI=1S/C21H24N4O3S/c1-4-23-29(27,28)17-11-10-15(2)18(14-17)21(26)24-19(16-8-6-5-7-9-16)20-22-12-13-25(20)3/h5-14,19,23H,4H2,1-3H3,(H,24,26). The van der Waals surface area contributed by atoms with Gasteiger partial charge in [0.2, 0.25) is 10.0 Å². The second-order valence-electron chi connectivity index (χ2n) is 6.69. The Kier molecular flexibility index (Phi) is 6.14. The van der Waals surface area contributed by atoms with Gasteiger partial charge in [-0.15, -0.1) is 0 Å². The molecule has 0 bridgehead atoms. The third-order valence-electron chi connectivity index (χ3n) is 4.62. The number of hydrogen-bond donors (Lipinski definition) is 2. The minimum atomic E-state index is -3.66. The van der Waals surface area contributed by atoms with E-state index in [9.17, 15) is 13.2 Å². The van der Waals surface area contributed by atoms with Crippen LogP contribution in [0.4, 0.5) is 0 Å². The first kappa shape index (κ1) is 20.8. The molecule has 29 heavy (non-hydrogen) atoms. The molecule has 152 valence electrons. The van der Waals surface area contributed by atoms with Gasteiger partial charge in [0, 0.05) is 31.5 Å². The highest BCUT2D eigenvalue weighted by atomic mass is 32.2. The number of carbonyl (C=O) groups excluding carboxylic acids is 1. The van der Waals surface area contributed by atoms with Crippen molar-refractivity contribution in [3.63, 3.8) is 0 Å². The van der Waals surface area contributed by atoms with Crippen LogP contribution in [0.3, 0.4) is 0 Å². The SMILES string of the molecule is CCNS(=O)(=O)c1ccc(C)c(C(=O)NC(c2ccccc2)c2nccn2C)c1. The first-order chi connectivity index (χ1) is 13.8. The van der Waals surface area contributed by atoms with Crippen molar-refractivity contribution in [2.45, 2.75) is 24.8 Å². The van der Waals surface area contributed by atoms with Crippen LogP contribution in [0.25, 0.3) is 0 Å². The van der Waals surface area contributed by atoms with Crippen LogP contribution in [0.1, 0.15) is 40.3 Å². The molecule has 0 saturated carbocycles. The lowest BCUT2D eigenvalue weighted by molar-refractivity contribution is 0.0940. The zero-order valence-corrected chi connectivity index (χ0v) is 17.4. The monoisotopic (exact) mass is 412 g/mol. The molecule has 0 saturated heterocycles. The molecule has 3 rings (SSSR count). The molecule has 0 fully saturated rings. The molecule has 1 atom stereocenters. The Labute approximate surface area is 170 Å². The van der Waals surface area contributed by atoms with Crippen molar-refractivity contribution in [2.75, 3.05) is 6.54 Å². The lowest BCUT2D eigenvalue weighted by Crippen LogP contribution is -2.32. The van der Waals surface area contributed by atoms with Crippen molar-refractivity contribution >= 4 is 15.9 Å². The number of hydrogen-bond acceptors (Lipinski definition) is 4. The number of nitrogens with one attached hydrogen (secondary N) is 2. The van der Waals surface area contributed by atoms with E-state index >= 15 is 0 Å². The fourth-order valence-corrected chi connectivity index (χ4v) is 4.16. The first-order valence-corrected chi connectivity index (χ1v) is 10.7. The molecular formula is C21H24N4O3S. The molecule has 0 aliphatic rings. The van der Waals surface area contributed by atoms with Crippen LogP contribution < -0.4 is 10.0 Å². The lowest BCUT2D eigenvalue weighted by Gasteiger charge is -2.20. The number of aryl methyl sites for hydroxylation is 2. The van der Waals surface area contributed by atoms with Crippen molar-refractivity contribution in [3.8, 4) is 0 Å². The van der Waals surface area contributed by atoms with E-state index in [0.29, 0.717) is 17.0 Å². The van der Waals surface area contributed by atoms with Crippen LogP contribution >= 0.6 is 0 Å². The summed E-state index contributed by atoms with van der Waals surface area (Å²) in [6, 6.07) is 13.6. The Balaban J connectivity index is 1.98. The molecule has 1 aromatic heterocycles. The summed E-state index contributed by atoms with van der Waals surface area (Å²) in [5.74, 6) is 0.312. The third kappa shape index (κ3) is 4.55. The Morgan fingerprint density at radius 3 is 2.52 bits per heavy atom. The van der Waals surface area contributed by atoms with Crippen LogP contribution in [0.2, 0.25) is 0 Å². The van der Waals surface area contributed by atoms with Gasteiger partial charge in [-0.2, -0.15) is 0 Å². The Hall–Kier alpha value is -2.97. The van der Waals surface area contributed by atoms with Gasteiger partial charge in [0.05, 0.1) is 4.90 Å². The van der Waals surface area contributed by atoms with Crippen LogP contribution in [0, 0.1) is 6.92 Å². The zero-order valence-electron chi connectivity index (χ0n) is 16.6. The number of benzene rings is 2. The van der Waals surface area contributed by atoms with Crippen LogP contribution in [-0.2, 0) is 17.1 Å². The maximum Gasteiger partial charge on any atom is 0.252 e. The summed E-state index contributed by atoms with van der Waals surface area (Å²) in [5.41, 5.74) is 1.87. The molecule has 1 amide bonds. The topological polar surface area (TPSA) is 93.1 Å². The predicted molar refractivity (Wildman–Crippen MR) is 111 cm³/mol. The summed E-state index contributed by atoms with van der Waals surface area (Å²) >= 11 is 0. The Morgan fingerprint density at radius 2 is 1.90 bits per heavy atom. The van der Waals surface area contributed by atoms with Crippen molar-refractivity contribution < 1.29 is 13.2 Å². The van der Waals surface area contributed by atoms with Gasteiger partial charge < -0.3 is 9.88 Å². The summed E-state index contributed by atoms with van der Waals surface area (Å²) in [6.07, 6.45) is 3.48. The molecule has 0 radical (unpaired) electrons. The molecule has 7 nitrogen and oxygen atoms in total. The minimum absolute atomic E-state index is 0.0587. The molecular weight excluding hydrogens is 388 g/mol. The molecule has 0 aliphatic carbocycles. The highest BCUT2D eigenvalue weighted by Gasteiger charge is 2.23. The second-order valence-corrected chi connectivity index (χ2v) is 8.46. The molecule has 1 heterocycles. The minimum Gasteiger partial charge on any atom is -0.338 e. The van der Waals surface area contributed by atoms with Gasteiger partial charge in [-0.1, -0.05) is 43.3 Å². The molecule has 0 aliphatic heterocycles. The number of sulfonamides is 1.